The van der Waals surface area contributed by atoms with Crippen LogP contribution in [-0.4, -0.2) is 11.9 Å². The Morgan fingerprint density at radius 2 is 2.43 bits per heavy atom. The van der Waals surface area contributed by atoms with Gasteiger partial charge in [0.1, 0.15) is 0 Å². The lowest BCUT2D eigenvalue weighted by atomic mass is 10.2. The number of thiophene rings is 1. The Kier molecular flexibility index (Phi) is 3.73. The number of amides is 1. The molecule has 0 saturated heterocycles. The summed E-state index contributed by atoms with van der Waals surface area (Å²) in [6.07, 6.45) is 6.01. The normalized spacial score (nSPS) is 11.8. The lowest BCUT2D eigenvalue weighted by Crippen LogP contribution is -2.32. The topological polar surface area (TPSA) is 29.1 Å². The van der Waals surface area contributed by atoms with Gasteiger partial charge in [0.05, 0.1) is 10.9 Å². The van der Waals surface area contributed by atoms with Crippen molar-refractivity contribution in [1.82, 2.24) is 5.32 Å². The molecule has 1 rings (SSSR count). The van der Waals surface area contributed by atoms with Crippen LogP contribution in [0.3, 0.4) is 0 Å². The highest BCUT2D eigenvalue weighted by Crippen LogP contribution is 2.14. The molecule has 2 nitrogen and oxygen atoms in total. The van der Waals surface area contributed by atoms with Gasteiger partial charge in [-0.25, -0.2) is 0 Å². The first-order chi connectivity index (χ1) is 6.67. The molecule has 1 N–H and O–H groups in total. The zero-order chi connectivity index (χ0) is 10.6. The Hall–Kier alpha value is -1.27. The van der Waals surface area contributed by atoms with Crippen molar-refractivity contribution in [2.75, 3.05) is 0 Å². The number of carbonyl (C=O) groups excluding carboxylic acids is 1. The van der Waals surface area contributed by atoms with E-state index in [-0.39, 0.29) is 11.9 Å². The van der Waals surface area contributed by atoms with Gasteiger partial charge in [-0.05, 0) is 25.5 Å². The molecule has 0 fully saturated rings. The van der Waals surface area contributed by atoms with Gasteiger partial charge >= 0.3 is 0 Å². The van der Waals surface area contributed by atoms with Crippen LogP contribution in [0.15, 0.2) is 12.1 Å². The van der Waals surface area contributed by atoms with Crippen molar-refractivity contribution in [1.29, 1.82) is 0 Å². The first kappa shape index (κ1) is 10.8. The average Bonchev–Trinajstić information content (AvgIpc) is 2.61. The first-order valence-corrected chi connectivity index (χ1v) is 5.32. The number of hydrogen-bond acceptors (Lipinski definition) is 2. The molecular formula is C11H13NOS. The molecule has 1 aromatic rings. The second-order valence-electron chi connectivity index (χ2n) is 3.01. The maximum Gasteiger partial charge on any atom is 0.262 e. The maximum atomic E-state index is 11.6. The molecule has 1 heterocycles. The van der Waals surface area contributed by atoms with Crippen LogP contribution < -0.4 is 5.32 Å². The highest BCUT2D eigenvalue weighted by molar-refractivity contribution is 7.13. The van der Waals surface area contributed by atoms with Crippen LogP contribution >= 0.6 is 11.3 Å². The molecule has 1 atom stereocenters. The molecule has 0 aliphatic carbocycles. The fourth-order valence-corrected chi connectivity index (χ4v) is 1.82. The van der Waals surface area contributed by atoms with Crippen molar-refractivity contribution in [2.24, 2.45) is 0 Å². The van der Waals surface area contributed by atoms with Gasteiger partial charge in [-0.2, -0.15) is 0 Å². The first-order valence-electron chi connectivity index (χ1n) is 4.50. The molecule has 1 aromatic heterocycles. The summed E-state index contributed by atoms with van der Waals surface area (Å²) >= 11 is 1.48. The molecule has 1 unspecified atom stereocenters. The van der Waals surface area contributed by atoms with Crippen molar-refractivity contribution < 1.29 is 4.79 Å². The second-order valence-corrected chi connectivity index (χ2v) is 4.30. The molecular weight excluding hydrogens is 194 g/mol. The molecule has 0 spiro atoms. The van der Waals surface area contributed by atoms with E-state index in [1.54, 1.807) is 0 Å². The number of aryl methyl sites for hydroxylation is 1. The molecule has 1 amide bonds. The minimum atomic E-state index is -0.162. The van der Waals surface area contributed by atoms with E-state index in [0.717, 1.165) is 16.2 Å². The molecule has 0 bridgehead atoms. The third-order valence-corrected chi connectivity index (χ3v) is 2.88. The smallest absolute Gasteiger partial charge is 0.262 e. The van der Waals surface area contributed by atoms with E-state index in [2.05, 4.69) is 11.2 Å². The van der Waals surface area contributed by atoms with E-state index in [1.165, 1.54) is 11.3 Å². The zero-order valence-electron chi connectivity index (χ0n) is 8.33. The fraction of sp³-hybridized carbons (Fsp3) is 0.364. The number of nitrogens with one attached hydrogen (secondary N) is 1. The van der Waals surface area contributed by atoms with E-state index < -0.39 is 0 Å². The minimum absolute atomic E-state index is 0.0760. The third kappa shape index (κ3) is 2.61. The summed E-state index contributed by atoms with van der Waals surface area (Å²) in [5.41, 5.74) is 0. The van der Waals surface area contributed by atoms with Gasteiger partial charge in [-0.15, -0.1) is 17.8 Å². The van der Waals surface area contributed by atoms with Crippen LogP contribution in [0, 0.1) is 19.3 Å². The predicted octanol–water partition coefficient (Wildman–Crippen LogP) is 2.20. The van der Waals surface area contributed by atoms with Crippen molar-refractivity contribution >= 4 is 17.2 Å². The molecule has 0 aliphatic rings. The van der Waals surface area contributed by atoms with Gasteiger partial charge in [0.25, 0.3) is 5.91 Å². The number of carbonyl (C=O) groups is 1. The van der Waals surface area contributed by atoms with Gasteiger partial charge in [0, 0.05) is 4.88 Å². The second kappa shape index (κ2) is 4.83. The summed E-state index contributed by atoms with van der Waals surface area (Å²) < 4.78 is 0. The van der Waals surface area contributed by atoms with Crippen LogP contribution in [0.1, 0.15) is 27.9 Å². The maximum absolute atomic E-state index is 11.6. The van der Waals surface area contributed by atoms with E-state index in [9.17, 15) is 4.79 Å². The molecule has 74 valence electrons. The highest BCUT2D eigenvalue weighted by Gasteiger charge is 2.10. The molecule has 0 aromatic carbocycles. The van der Waals surface area contributed by atoms with Gasteiger partial charge in [-0.1, -0.05) is 12.8 Å². The fourth-order valence-electron chi connectivity index (χ4n) is 1.05. The quantitative estimate of drug-likeness (QED) is 0.756. The Labute approximate surface area is 88.3 Å². The number of rotatable bonds is 3. The Bertz CT molecular complexity index is 362. The zero-order valence-corrected chi connectivity index (χ0v) is 9.15. The van der Waals surface area contributed by atoms with Crippen LogP contribution in [0.5, 0.6) is 0 Å². The van der Waals surface area contributed by atoms with E-state index >= 15 is 0 Å². The van der Waals surface area contributed by atoms with E-state index in [1.807, 2.05) is 26.0 Å². The van der Waals surface area contributed by atoms with Crippen LogP contribution in [-0.2, 0) is 0 Å². The van der Waals surface area contributed by atoms with E-state index in [4.69, 9.17) is 6.42 Å². The van der Waals surface area contributed by atoms with Crippen LogP contribution in [0.4, 0.5) is 0 Å². The Morgan fingerprint density at radius 1 is 1.71 bits per heavy atom. The number of terminal acetylenes is 1. The van der Waals surface area contributed by atoms with Crippen LogP contribution in [0.2, 0.25) is 0 Å². The van der Waals surface area contributed by atoms with Gasteiger partial charge < -0.3 is 5.32 Å². The molecule has 0 aliphatic heterocycles. The Balaban J connectivity index is 2.64. The predicted molar refractivity (Wildman–Crippen MR) is 59.4 cm³/mol. The van der Waals surface area contributed by atoms with Crippen LogP contribution in [0.25, 0.3) is 0 Å². The number of hydrogen-bond donors (Lipinski definition) is 1. The van der Waals surface area contributed by atoms with Crippen molar-refractivity contribution in [2.45, 2.75) is 26.3 Å². The molecule has 0 saturated carbocycles. The summed E-state index contributed by atoms with van der Waals surface area (Å²) in [4.78, 5) is 13.4. The highest BCUT2D eigenvalue weighted by atomic mass is 32.1. The SMILES string of the molecule is C#CC(CC)NC(=O)c1ccc(C)s1. The minimum Gasteiger partial charge on any atom is -0.338 e. The molecule has 3 heteroatoms. The lowest BCUT2D eigenvalue weighted by molar-refractivity contribution is 0.0949. The van der Waals surface area contributed by atoms with E-state index in [0.29, 0.717) is 0 Å². The largest absolute Gasteiger partial charge is 0.338 e. The average molecular weight is 207 g/mol. The summed E-state index contributed by atoms with van der Waals surface area (Å²) in [5.74, 6) is 2.46. The monoisotopic (exact) mass is 207 g/mol. The van der Waals surface area contributed by atoms with Crippen molar-refractivity contribution in [3.05, 3.63) is 21.9 Å². The summed E-state index contributed by atoms with van der Waals surface area (Å²) in [7, 11) is 0. The van der Waals surface area contributed by atoms with Crippen molar-refractivity contribution in [3.8, 4) is 12.3 Å². The van der Waals surface area contributed by atoms with Gasteiger partial charge in [-0.3, -0.25) is 4.79 Å². The summed E-state index contributed by atoms with van der Waals surface area (Å²) in [6, 6.07) is 3.58. The Morgan fingerprint density at radius 3 is 2.86 bits per heavy atom. The molecule has 14 heavy (non-hydrogen) atoms. The van der Waals surface area contributed by atoms with Crippen molar-refractivity contribution in [3.63, 3.8) is 0 Å². The standard InChI is InChI=1S/C11H13NOS/c1-4-9(5-2)12-11(13)10-7-6-8(3)14-10/h1,6-7,9H,5H2,2-3H3,(H,12,13). The van der Waals surface area contributed by atoms with Gasteiger partial charge in [0.15, 0.2) is 0 Å². The molecule has 0 radical (unpaired) electrons. The lowest BCUT2D eigenvalue weighted by Gasteiger charge is -2.08. The summed E-state index contributed by atoms with van der Waals surface area (Å²) in [5, 5.41) is 2.78. The van der Waals surface area contributed by atoms with Gasteiger partial charge in [0.2, 0.25) is 0 Å². The summed E-state index contributed by atoms with van der Waals surface area (Å²) in [6.45, 7) is 3.92. The third-order valence-electron chi connectivity index (χ3n) is 1.88.